The van der Waals surface area contributed by atoms with E-state index >= 15 is 0 Å². The Kier molecular flexibility index (Phi) is 5.66. The van der Waals surface area contributed by atoms with Crippen molar-refractivity contribution in [3.05, 3.63) is 53.6 Å². The van der Waals surface area contributed by atoms with E-state index in [0.717, 1.165) is 24.5 Å². The Balaban J connectivity index is 1.66. The molecule has 0 aromatic heterocycles. The minimum Gasteiger partial charge on any atom is -0.487 e. The van der Waals surface area contributed by atoms with Gasteiger partial charge in [-0.3, -0.25) is 4.79 Å². The van der Waals surface area contributed by atoms with Crippen molar-refractivity contribution in [2.24, 2.45) is 0 Å². The van der Waals surface area contributed by atoms with Gasteiger partial charge < -0.3 is 19.7 Å². The fourth-order valence-electron chi connectivity index (χ4n) is 3.10. The summed E-state index contributed by atoms with van der Waals surface area (Å²) in [4.78, 5) is 13.8. The van der Waals surface area contributed by atoms with E-state index in [-0.39, 0.29) is 18.6 Å². The number of hydrogen-bond donors (Lipinski definition) is 1. The zero-order valence-electron chi connectivity index (χ0n) is 15.6. The predicted molar refractivity (Wildman–Crippen MR) is 103 cm³/mol. The van der Waals surface area contributed by atoms with Gasteiger partial charge in [-0.05, 0) is 56.2 Å². The van der Waals surface area contributed by atoms with Gasteiger partial charge in [-0.1, -0.05) is 18.2 Å². The third kappa shape index (κ3) is 4.48. The van der Waals surface area contributed by atoms with Crippen LogP contribution in [-0.4, -0.2) is 31.7 Å². The van der Waals surface area contributed by atoms with Crippen LogP contribution in [0.2, 0.25) is 0 Å². The second kappa shape index (κ2) is 8.13. The molecule has 1 aliphatic rings. The quantitative estimate of drug-likeness (QED) is 0.865. The van der Waals surface area contributed by atoms with Crippen LogP contribution in [0.15, 0.2) is 42.5 Å². The second-order valence-corrected chi connectivity index (χ2v) is 6.67. The average Bonchev–Trinajstić information content (AvgIpc) is 2.62. The van der Waals surface area contributed by atoms with Crippen molar-refractivity contribution in [3.8, 4) is 11.5 Å². The summed E-state index contributed by atoms with van der Waals surface area (Å²) >= 11 is 0. The molecule has 0 spiro atoms. The van der Waals surface area contributed by atoms with Gasteiger partial charge in [-0.2, -0.15) is 0 Å². The molecular formula is C21H26N2O3. The zero-order valence-corrected chi connectivity index (χ0v) is 15.6. The van der Waals surface area contributed by atoms with Crippen LogP contribution in [0.3, 0.4) is 0 Å². The third-order valence-corrected chi connectivity index (χ3v) is 4.30. The summed E-state index contributed by atoms with van der Waals surface area (Å²) in [6.07, 6.45) is 0.157. The van der Waals surface area contributed by atoms with Gasteiger partial charge in [0.15, 0.2) is 6.61 Å². The monoisotopic (exact) mass is 354 g/mol. The number of nitrogens with zero attached hydrogens (tertiary/aromatic N) is 1. The molecule has 138 valence electrons. The third-order valence-electron chi connectivity index (χ3n) is 4.30. The smallest absolute Gasteiger partial charge is 0.257 e. The van der Waals surface area contributed by atoms with Crippen molar-refractivity contribution >= 4 is 11.6 Å². The molecule has 1 heterocycles. The van der Waals surface area contributed by atoms with Gasteiger partial charge in [0, 0.05) is 13.1 Å². The predicted octanol–water partition coefficient (Wildman–Crippen LogP) is 3.30. The van der Waals surface area contributed by atoms with Crippen LogP contribution >= 0.6 is 0 Å². The molecule has 26 heavy (non-hydrogen) atoms. The number of hydrogen-bond acceptors (Lipinski definition) is 4. The second-order valence-electron chi connectivity index (χ2n) is 6.67. The average molecular weight is 354 g/mol. The normalized spacial score (nSPS) is 15.8. The van der Waals surface area contributed by atoms with E-state index in [2.05, 4.69) is 36.2 Å². The van der Waals surface area contributed by atoms with E-state index in [1.165, 1.54) is 11.1 Å². The Morgan fingerprint density at radius 2 is 2.04 bits per heavy atom. The molecule has 0 fully saturated rings. The minimum absolute atomic E-state index is 0.0425. The first-order valence-electron chi connectivity index (χ1n) is 9.06. The van der Waals surface area contributed by atoms with Gasteiger partial charge in [0.25, 0.3) is 5.91 Å². The Bertz CT molecular complexity index is 758. The number of likely N-dealkylation sites (N-methyl/N-ethyl adjacent to an activating group) is 1. The molecule has 2 aromatic rings. The van der Waals surface area contributed by atoms with Gasteiger partial charge in [0.2, 0.25) is 0 Å². The van der Waals surface area contributed by atoms with Crippen LogP contribution in [0.25, 0.3) is 0 Å². The summed E-state index contributed by atoms with van der Waals surface area (Å²) in [5.74, 6) is 1.54. The Labute approximate surface area is 154 Å². The summed E-state index contributed by atoms with van der Waals surface area (Å²) in [5.41, 5.74) is 3.55. The number of anilines is 1. The molecular weight excluding hydrogens is 328 g/mol. The summed E-state index contributed by atoms with van der Waals surface area (Å²) in [7, 11) is 0. The number of aryl methyl sites for hydroxylation is 1. The summed E-state index contributed by atoms with van der Waals surface area (Å²) in [6, 6.07) is 14.2. The molecule has 3 rings (SSSR count). The first kappa shape index (κ1) is 18.1. The molecule has 1 atom stereocenters. The maximum absolute atomic E-state index is 11.5. The van der Waals surface area contributed by atoms with E-state index in [1.807, 2.05) is 37.3 Å². The van der Waals surface area contributed by atoms with E-state index in [0.29, 0.717) is 12.3 Å². The lowest BCUT2D eigenvalue weighted by atomic mass is 10.1. The highest BCUT2D eigenvalue weighted by Gasteiger charge is 2.23. The lowest BCUT2D eigenvalue weighted by molar-refractivity contribution is -0.122. The fraction of sp³-hybridized carbons (Fsp3) is 0.381. The number of nitrogens with one attached hydrogen (secondary N) is 1. The lowest BCUT2D eigenvalue weighted by Gasteiger charge is -2.35. The van der Waals surface area contributed by atoms with Crippen molar-refractivity contribution in [1.82, 2.24) is 5.32 Å². The summed E-state index contributed by atoms with van der Waals surface area (Å²) in [5, 5.41) is 2.72. The standard InChI is InChI=1S/C21H26N2O3/c1-4-22-21(24)14-25-18-8-6-17(7-9-18)13-23-12-16(3)26-20-10-5-15(2)11-19(20)23/h5-11,16H,4,12-14H2,1-3H3,(H,22,24)/t16-/m0/s1. The minimum atomic E-state index is -0.106. The van der Waals surface area contributed by atoms with Crippen molar-refractivity contribution in [1.29, 1.82) is 0 Å². The van der Waals surface area contributed by atoms with Crippen LogP contribution in [0, 0.1) is 6.92 Å². The molecule has 2 aromatic carbocycles. The molecule has 5 nitrogen and oxygen atoms in total. The Morgan fingerprint density at radius 1 is 1.27 bits per heavy atom. The molecule has 0 unspecified atom stereocenters. The highest BCUT2D eigenvalue weighted by Crippen LogP contribution is 2.35. The number of ether oxygens (including phenoxy) is 2. The molecule has 0 saturated carbocycles. The van der Waals surface area contributed by atoms with Crippen LogP contribution in [0.1, 0.15) is 25.0 Å². The molecule has 0 saturated heterocycles. The van der Waals surface area contributed by atoms with E-state index in [9.17, 15) is 4.79 Å². The highest BCUT2D eigenvalue weighted by atomic mass is 16.5. The molecule has 1 N–H and O–H groups in total. The molecule has 0 aliphatic carbocycles. The van der Waals surface area contributed by atoms with Gasteiger partial charge in [-0.15, -0.1) is 0 Å². The van der Waals surface area contributed by atoms with E-state index < -0.39 is 0 Å². The van der Waals surface area contributed by atoms with Crippen LogP contribution < -0.4 is 19.7 Å². The van der Waals surface area contributed by atoms with Crippen LogP contribution in [-0.2, 0) is 11.3 Å². The van der Waals surface area contributed by atoms with Crippen LogP contribution in [0.4, 0.5) is 5.69 Å². The number of carbonyl (C=O) groups is 1. The van der Waals surface area contributed by atoms with Crippen molar-refractivity contribution in [3.63, 3.8) is 0 Å². The number of rotatable bonds is 6. The van der Waals surface area contributed by atoms with Crippen molar-refractivity contribution < 1.29 is 14.3 Å². The maximum Gasteiger partial charge on any atom is 0.257 e. The topological polar surface area (TPSA) is 50.8 Å². The first-order chi connectivity index (χ1) is 12.5. The number of amides is 1. The summed E-state index contributed by atoms with van der Waals surface area (Å²) in [6.45, 7) is 8.39. The Hall–Kier alpha value is -2.69. The van der Waals surface area contributed by atoms with Gasteiger partial charge in [0.1, 0.15) is 17.6 Å². The fourth-order valence-corrected chi connectivity index (χ4v) is 3.10. The highest BCUT2D eigenvalue weighted by molar-refractivity contribution is 5.77. The Morgan fingerprint density at radius 3 is 2.77 bits per heavy atom. The molecule has 1 aliphatic heterocycles. The SMILES string of the molecule is CCNC(=O)COc1ccc(CN2C[C@H](C)Oc3ccc(C)cc32)cc1. The van der Waals surface area contributed by atoms with Gasteiger partial charge in [-0.25, -0.2) is 0 Å². The summed E-state index contributed by atoms with van der Waals surface area (Å²) < 4.78 is 11.5. The first-order valence-corrected chi connectivity index (χ1v) is 9.06. The molecule has 0 radical (unpaired) electrons. The number of fused-ring (bicyclic) bond motifs is 1. The molecule has 1 amide bonds. The lowest BCUT2D eigenvalue weighted by Crippen LogP contribution is -2.38. The number of benzene rings is 2. The van der Waals surface area contributed by atoms with E-state index in [4.69, 9.17) is 9.47 Å². The van der Waals surface area contributed by atoms with Crippen molar-refractivity contribution in [2.75, 3.05) is 24.6 Å². The van der Waals surface area contributed by atoms with Crippen molar-refractivity contribution in [2.45, 2.75) is 33.4 Å². The zero-order chi connectivity index (χ0) is 18.5. The maximum atomic E-state index is 11.5. The van der Waals surface area contributed by atoms with Crippen LogP contribution in [0.5, 0.6) is 11.5 Å². The molecule has 0 bridgehead atoms. The van der Waals surface area contributed by atoms with Gasteiger partial charge >= 0.3 is 0 Å². The largest absolute Gasteiger partial charge is 0.487 e. The van der Waals surface area contributed by atoms with Gasteiger partial charge in [0.05, 0.1) is 12.2 Å². The van der Waals surface area contributed by atoms with E-state index in [1.54, 1.807) is 0 Å². The molecule has 5 heteroatoms. The number of carbonyl (C=O) groups excluding carboxylic acids is 1.